The minimum atomic E-state index is -0.901. The van der Waals surface area contributed by atoms with Crippen LogP contribution in [-0.2, 0) is 16.9 Å². The number of hydrogen-bond donors (Lipinski definition) is 0. The summed E-state index contributed by atoms with van der Waals surface area (Å²) in [6.45, 7) is 1.04. The van der Waals surface area contributed by atoms with Crippen molar-refractivity contribution >= 4 is 23.4 Å². The van der Waals surface area contributed by atoms with E-state index in [1.54, 1.807) is 0 Å². The van der Waals surface area contributed by atoms with Crippen LogP contribution in [0.1, 0.15) is 39.9 Å². The molecule has 2 aliphatic rings. The Morgan fingerprint density at radius 2 is 1.61 bits per heavy atom. The number of benzene rings is 3. The summed E-state index contributed by atoms with van der Waals surface area (Å²) in [6, 6.07) is 25.4. The van der Waals surface area contributed by atoms with Gasteiger partial charge in [-0.25, -0.2) is 0 Å². The van der Waals surface area contributed by atoms with Gasteiger partial charge in [0.15, 0.2) is 5.66 Å². The highest BCUT2D eigenvalue weighted by atomic mass is 35.5. The smallest absolute Gasteiger partial charge is 0.256 e. The molecule has 0 aliphatic carbocycles. The van der Waals surface area contributed by atoms with Gasteiger partial charge in [-0.15, -0.1) is 0 Å². The van der Waals surface area contributed by atoms with E-state index in [4.69, 9.17) is 11.6 Å². The molecule has 5 heteroatoms. The summed E-state index contributed by atoms with van der Waals surface area (Å²) in [5.74, 6) is 0.0445. The van der Waals surface area contributed by atoms with Gasteiger partial charge >= 0.3 is 0 Å². The molecule has 5 rings (SSSR count). The average Bonchev–Trinajstić information content (AvgIpc) is 3.31. The van der Waals surface area contributed by atoms with E-state index in [9.17, 15) is 9.59 Å². The lowest BCUT2D eigenvalue weighted by Gasteiger charge is -2.40. The number of fused-ring (bicyclic) bond motifs is 3. The molecule has 0 spiro atoms. The van der Waals surface area contributed by atoms with Crippen LogP contribution in [0.15, 0.2) is 78.9 Å². The third-order valence-corrected chi connectivity index (χ3v) is 6.61. The van der Waals surface area contributed by atoms with Crippen LogP contribution < -0.4 is 0 Å². The van der Waals surface area contributed by atoms with Crippen LogP contribution >= 0.6 is 11.6 Å². The minimum absolute atomic E-state index is 0.0230. The Morgan fingerprint density at radius 1 is 0.903 bits per heavy atom. The lowest BCUT2D eigenvalue weighted by Crippen LogP contribution is -2.51. The molecule has 0 saturated carbocycles. The molecule has 1 atom stereocenters. The summed E-state index contributed by atoms with van der Waals surface area (Å²) in [6.07, 6.45) is 2.06. The van der Waals surface area contributed by atoms with Crippen molar-refractivity contribution in [3.8, 4) is 0 Å². The van der Waals surface area contributed by atoms with Crippen LogP contribution in [0, 0.1) is 0 Å². The maximum atomic E-state index is 13.5. The lowest BCUT2D eigenvalue weighted by atomic mass is 9.89. The molecule has 3 aromatic rings. The maximum absolute atomic E-state index is 13.5. The van der Waals surface area contributed by atoms with Gasteiger partial charge in [-0.1, -0.05) is 72.3 Å². The molecule has 4 nitrogen and oxygen atoms in total. The Bertz CT molecular complexity index is 1130. The van der Waals surface area contributed by atoms with Crippen molar-refractivity contribution in [1.29, 1.82) is 0 Å². The first-order chi connectivity index (χ1) is 15.1. The van der Waals surface area contributed by atoms with E-state index < -0.39 is 5.66 Å². The zero-order valence-electron chi connectivity index (χ0n) is 17.1. The fraction of sp³-hybridized carbons (Fsp3) is 0.231. The normalized spacial score (nSPS) is 19.5. The van der Waals surface area contributed by atoms with Gasteiger partial charge in [0.05, 0.1) is 0 Å². The highest BCUT2D eigenvalue weighted by Crippen LogP contribution is 2.49. The van der Waals surface area contributed by atoms with Crippen LogP contribution in [0.5, 0.6) is 0 Å². The number of amides is 2. The van der Waals surface area contributed by atoms with Gasteiger partial charge in [-0.3, -0.25) is 9.59 Å². The number of halogens is 1. The first kappa shape index (κ1) is 19.8. The highest BCUT2D eigenvalue weighted by molar-refractivity contribution is 6.30. The molecule has 2 amide bonds. The monoisotopic (exact) mass is 430 g/mol. The van der Waals surface area contributed by atoms with Gasteiger partial charge in [-0.2, -0.15) is 0 Å². The number of aryl methyl sites for hydroxylation is 1. The van der Waals surface area contributed by atoms with Crippen molar-refractivity contribution < 1.29 is 9.59 Å². The van der Waals surface area contributed by atoms with E-state index in [0.717, 1.165) is 24.0 Å². The van der Waals surface area contributed by atoms with Crippen LogP contribution in [0.25, 0.3) is 0 Å². The largest absolute Gasteiger partial charge is 0.310 e. The molecule has 0 bridgehead atoms. The third kappa shape index (κ3) is 3.14. The van der Waals surface area contributed by atoms with Gasteiger partial charge < -0.3 is 9.80 Å². The molecule has 156 valence electrons. The van der Waals surface area contributed by atoms with E-state index in [1.807, 2.05) is 76.5 Å². The standard InChI is InChI=1S/C26H23ClN2O2/c27-21-15-13-20(14-16-21)26-23-11-5-4-10-22(23)25(31)29(26)18-17-28(26)24(30)12-6-9-19-7-2-1-3-8-19/h1-5,7-8,10-11,13-16H,6,9,12,17-18H2. The number of hydrogen-bond acceptors (Lipinski definition) is 2. The fourth-order valence-corrected chi connectivity index (χ4v) is 5.13. The molecule has 1 unspecified atom stereocenters. The highest BCUT2D eigenvalue weighted by Gasteiger charge is 2.59. The SMILES string of the molecule is O=C(CCCc1ccccc1)N1CCN2C(=O)c3ccccc3C12c1ccc(Cl)cc1. The number of carbonyl (C=O) groups is 2. The molecule has 0 aromatic heterocycles. The van der Waals surface area contributed by atoms with Crippen molar-refractivity contribution in [2.75, 3.05) is 13.1 Å². The van der Waals surface area contributed by atoms with E-state index >= 15 is 0 Å². The second kappa shape index (κ2) is 7.86. The Balaban J connectivity index is 1.51. The Hall–Kier alpha value is -3.11. The van der Waals surface area contributed by atoms with Crippen molar-refractivity contribution in [2.45, 2.75) is 24.9 Å². The Kier molecular flexibility index (Phi) is 5.03. The molecule has 2 heterocycles. The number of carbonyl (C=O) groups excluding carboxylic acids is 2. The summed E-state index contributed by atoms with van der Waals surface area (Å²) in [5, 5.41) is 0.628. The maximum Gasteiger partial charge on any atom is 0.256 e. The van der Waals surface area contributed by atoms with Crippen LogP contribution in [-0.4, -0.2) is 34.7 Å². The predicted octanol–water partition coefficient (Wildman–Crippen LogP) is 4.86. The molecule has 1 fully saturated rings. The van der Waals surface area contributed by atoms with Gasteiger partial charge in [0.25, 0.3) is 5.91 Å². The van der Waals surface area contributed by atoms with Crippen molar-refractivity contribution in [1.82, 2.24) is 9.80 Å². The summed E-state index contributed by atoms with van der Waals surface area (Å²) in [4.78, 5) is 30.5. The predicted molar refractivity (Wildman–Crippen MR) is 121 cm³/mol. The Morgan fingerprint density at radius 3 is 2.39 bits per heavy atom. The second-order valence-corrected chi connectivity index (χ2v) is 8.50. The molecule has 0 radical (unpaired) electrons. The third-order valence-electron chi connectivity index (χ3n) is 6.35. The summed E-state index contributed by atoms with van der Waals surface area (Å²) in [7, 11) is 0. The zero-order chi connectivity index (χ0) is 21.4. The summed E-state index contributed by atoms with van der Waals surface area (Å²) < 4.78 is 0. The van der Waals surface area contributed by atoms with Crippen molar-refractivity contribution in [2.24, 2.45) is 0 Å². The molecule has 0 N–H and O–H groups in total. The first-order valence-electron chi connectivity index (χ1n) is 10.6. The fourth-order valence-electron chi connectivity index (χ4n) is 5.01. The van der Waals surface area contributed by atoms with E-state index in [0.29, 0.717) is 30.1 Å². The van der Waals surface area contributed by atoms with E-state index in [2.05, 4.69) is 12.1 Å². The van der Waals surface area contributed by atoms with Crippen molar-refractivity contribution in [3.63, 3.8) is 0 Å². The first-order valence-corrected chi connectivity index (χ1v) is 11.0. The average molecular weight is 431 g/mol. The minimum Gasteiger partial charge on any atom is -0.310 e. The topological polar surface area (TPSA) is 40.6 Å². The van der Waals surface area contributed by atoms with Crippen LogP contribution in [0.3, 0.4) is 0 Å². The van der Waals surface area contributed by atoms with Crippen LogP contribution in [0.2, 0.25) is 5.02 Å². The zero-order valence-corrected chi connectivity index (χ0v) is 17.9. The van der Waals surface area contributed by atoms with Gasteiger partial charge in [0.2, 0.25) is 5.91 Å². The molecule has 2 aliphatic heterocycles. The molecule has 3 aromatic carbocycles. The molecular weight excluding hydrogens is 408 g/mol. The van der Waals surface area contributed by atoms with Gasteiger partial charge in [-0.05, 0) is 36.6 Å². The summed E-state index contributed by atoms with van der Waals surface area (Å²) in [5.41, 5.74) is 2.76. The van der Waals surface area contributed by atoms with Gasteiger partial charge in [0, 0.05) is 41.2 Å². The quantitative estimate of drug-likeness (QED) is 0.579. The lowest BCUT2D eigenvalue weighted by molar-refractivity contribution is -0.136. The number of rotatable bonds is 5. The van der Waals surface area contributed by atoms with Crippen LogP contribution in [0.4, 0.5) is 0 Å². The Labute approximate surface area is 187 Å². The van der Waals surface area contributed by atoms with E-state index in [-0.39, 0.29) is 11.8 Å². The molecule has 1 saturated heterocycles. The molecule has 31 heavy (non-hydrogen) atoms. The molecular formula is C26H23ClN2O2. The van der Waals surface area contributed by atoms with Crippen molar-refractivity contribution in [3.05, 3.63) is 106 Å². The van der Waals surface area contributed by atoms with E-state index in [1.165, 1.54) is 5.56 Å². The van der Waals surface area contributed by atoms with Gasteiger partial charge in [0.1, 0.15) is 0 Å². The summed E-state index contributed by atoms with van der Waals surface area (Å²) >= 11 is 6.15. The number of nitrogens with zero attached hydrogens (tertiary/aromatic N) is 2. The second-order valence-electron chi connectivity index (χ2n) is 8.07.